The molecule has 0 saturated carbocycles. The van der Waals surface area contributed by atoms with Gasteiger partial charge in [-0.15, -0.1) is 0 Å². The zero-order valence-electron chi connectivity index (χ0n) is 16.3. The number of carbonyl (C=O) groups is 1. The second-order valence-corrected chi connectivity index (χ2v) is 7.78. The minimum absolute atomic E-state index is 0.0280. The molecule has 0 saturated heterocycles. The van der Waals surface area contributed by atoms with Crippen molar-refractivity contribution in [2.75, 3.05) is 0 Å². The number of allylic oxidation sites excluding steroid dienone is 1. The molecule has 0 spiro atoms. The molecule has 4 nitrogen and oxygen atoms in total. The Morgan fingerprint density at radius 3 is 2.44 bits per heavy atom. The fraction of sp³-hybridized carbons (Fsp3) is 0.500. The quantitative estimate of drug-likeness (QED) is 0.639. The molecule has 0 heterocycles. The number of hydrogen-bond acceptors (Lipinski definition) is 4. The van der Waals surface area contributed by atoms with Gasteiger partial charge in [-0.2, -0.15) is 0 Å². The fourth-order valence-electron chi connectivity index (χ4n) is 3.77. The highest BCUT2D eigenvalue weighted by Gasteiger charge is 2.25. The van der Waals surface area contributed by atoms with E-state index in [4.69, 9.17) is 0 Å². The van der Waals surface area contributed by atoms with Crippen LogP contribution in [0, 0.1) is 18.8 Å². The molecule has 0 bridgehead atoms. The Balaban J connectivity index is 2.51. The molecule has 1 aromatic rings. The van der Waals surface area contributed by atoms with Crippen molar-refractivity contribution in [2.24, 2.45) is 11.8 Å². The van der Waals surface area contributed by atoms with E-state index in [0.29, 0.717) is 6.42 Å². The second kappa shape index (κ2) is 8.81. The molecule has 1 aromatic carbocycles. The molecule has 5 atom stereocenters. The lowest BCUT2D eigenvalue weighted by molar-refractivity contribution is -0.123. The molecule has 4 unspecified atom stereocenters. The molecule has 1 aliphatic rings. The first kappa shape index (κ1) is 21.3. The maximum absolute atomic E-state index is 14.5. The minimum atomic E-state index is -1.47. The van der Waals surface area contributed by atoms with Crippen molar-refractivity contribution in [3.63, 3.8) is 0 Å². The summed E-state index contributed by atoms with van der Waals surface area (Å²) in [6.45, 7) is 7.64. The smallest absolute Gasteiger partial charge is 0.186 e. The number of aryl methyl sites for hydroxylation is 1. The summed E-state index contributed by atoms with van der Waals surface area (Å²) in [5, 5.41) is 30.0. The number of fused-ring (bicyclic) bond motifs is 1. The van der Waals surface area contributed by atoms with E-state index in [2.05, 4.69) is 6.92 Å². The molecule has 5 heteroatoms. The van der Waals surface area contributed by atoms with Crippen LogP contribution < -0.4 is 0 Å². The molecule has 1 aliphatic carbocycles. The molecule has 0 amide bonds. The summed E-state index contributed by atoms with van der Waals surface area (Å²) in [6, 6.07) is 3.32. The number of aromatic hydroxyl groups is 1. The molecule has 0 fully saturated rings. The summed E-state index contributed by atoms with van der Waals surface area (Å²) < 4.78 is 14.5. The van der Waals surface area contributed by atoms with Crippen LogP contribution in [-0.4, -0.2) is 33.3 Å². The first-order chi connectivity index (χ1) is 12.6. The van der Waals surface area contributed by atoms with Crippen molar-refractivity contribution >= 4 is 11.9 Å². The number of aliphatic hydroxyl groups excluding tert-OH is 2. The maximum Gasteiger partial charge on any atom is 0.186 e. The first-order valence-corrected chi connectivity index (χ1v) is 9.38. The summed E-state index contributed by atoms with van der Waals surface area (Å²) >= 11 is 0. The molecule has 3 N–H and O–H groups in total. The van der Waals surface area contributed by atoms with Crippen LogP contribution in [0.25, 0.3) is 6.08 Å². The van der Waals surface area contributed by atoms with Crippen LogP contribution in [-0.2, 0) is 4.79 Å². The van der Waals surface area contributed by atoms with E-state index in [1.165, 1.54) is 6.08 Å². The van der Waals surface area contributed by atoms with Gasteiger partial charge in [0, 0.05) is 18.4 Å². The third kappa shape index (κ3) is 5.27. The zero-order chi connectivity index (χ0) is 20.3. The van der Waals surface area contributed by atoms with Gasteiger partial charge in [0.1, 0.15) is 17.7 Å². The Hall–Kier alpha value is -1.98. The average Bonchev–Trinajstić information content (AvgIpc) is 2.57. The number of ketones is 1. The number of halogens is 1. The predicted octanol–water partition coefficient (Wildman–Crippen LogP) is 4.03. The van der Waals surface area contributed by atoms with Gasteiger partial charge in [0.25, 0.3) is 0 Å². The SMILES string of the molecule is Cc1cc(O)cc2c1C(C)CC(C)[C@@H](C)/C(F)=C\C(=O)C(O)CC(O)/C=C/2. The van der Waals surface area contributed by atoms with Crippen molar-refractivity contribution < 1.29 is 24.5 Å². The van der Waals surface area contributed by atoms with Crippen LogP contribution in [0.1, 0.15) is 56.2 Å². The Bertz CT molecular complexity index is 753. The van der Waals surface area contributed by atoms with E-state index >= 15 is 0 Å². The Morgan fingerprint density at radius 2 is 1.78 bits per heavy atom. The Kier molecular flexibility index (Phi) is 6.95. The van der Waals surface area contributed by atoms with E-state index in [1.54, 1.807) is 25.1 Å². The highest BCUT2D eigenvalue weighted by molar-refractivity contribution is 5.93. The van der Waals surface area contributed by atoms with Crippen LogP contribution in [0.5, 0.6) is 5.75 Å². The van der Waals surface area contributed by atoms with Gasteiger partial charge < -0.3 is 15.3 Å². The van der Waals surface area contributed by atoms with Crippen molar-refractivity contribution in [2.45, 2.75) is 58.7 Å². The molecule has 2 rings (SSSR count). The summed E-state index contributed by atoms with van der Waals surface area (Å²) in [7, 11) is 0. The van der Waals surface area contributed by atoms with Gasteiger partial charge in [0.2, 0.25) is 0 Å². The number of rotatable bonds is 0. The van der Waals surface area contributed by atoms with Crippen LogP contribution in [0.3, 0.4) is 0 Å². The van der Waals surface area contributed by atoms with E-state index in [9.17, 15) is 24.5 Å². The van der Waals surface area contributed by atoms with Gasteiger partial charge in [-0.25, -0.2) is 4.39 Å². The van der Waals surface area contributed by atoms with Crippen LogP contribution in [0.2, 0.25) is 0 Å². The number of phenols is 1. The lowest BCUT2D eigenvalue weighted by atomic mass is 9.80. The third-order valence-corrected chi connectivity index (χ3v) is 5.48. The molecular weight excluding hydrogens is 347 g/mol. The first-order valence-electron chi connectivity index (χ1n) is 9.38. The predicted molar refractivity (Wildman–Crippen MR) is 104 cm³/mol. The van der Waals surface area contributed by atoms with Gasteiger partial charge in [-0.1, -0.05) is 32.9 Å². The van der Waals surface area contributed by atoms with Crippen molar-refractivity contribution in [3.8, 4) is 5.75 Å². The largest absolute Gasteiger partial charge is 0.508 e. The van der Waals surface area contributed by atoms with E-state index in [0.717, 1.165) is 22.8 Å². The van der Waals surface area contributed by atoms with Gasteiger partial charge in [-0.05, 0) is 54.0 Å². The zero-order valence-corrected chi connectivity index (χ0v) is 16.3. The summed E-state index contributed by atoms with van der Waals surface area (Å²) in [6.07, 6.45) is 1.99. The molecule has 0 aliphatic heterocycles. The van der Waals surface area contributed by atoms with Crippen molar-refractivity contribution in [1.29, 1.82) is 0 Å². The standard InChI is InChI=1S/C22H29FO4/c1-12-7-13(2)22-14(3)8-18(25)9-16(22)5-6-17(24)10-20(26)21(27)11-19(23)15(12)4/h5-6,8-9,11-13,15,17,20,24-26H,7,10H2,1-4H3/b6-5+,19-11+/t12?,13?,15-,17?,20?/m1/s1. The lowest BCUT2D eigenvalue weighted by Gasteiger charge is -2.25. The average molecular weight is 376 g/mol. The van der Waals surface area contributed by atoms with Gasteiger partial charge >= 0.3 is 0 Å². The van der Waals surface area contributed by atoms with Crippen LogP contribution >= 0.6 is 0 Å². The monoisotopic (exact) mass is 376 g/mol. The van der Waals surface area contributed by atoms with E-state index in [-0.39, 0.29) is 24.0 Å². The number of carbonyl (C=O) groups excluding carboxylic acids is 1. The summed E-state index contributed by atoms with van der Waals surface area (Å²) in [4.78, 5) is 12.0. The number of benzene rings is 1. The molecule has 27 heavy (non-hydrogen) atoms. The van der Waals surface area contributed by atoms with E-state index < -0.39 is 29.7 Å². The minimum Gasteiger partial charge on any atom is -0.508 e. The molecule has 0 radical (unpaired) electrons. The van der Waals surface area contributed by atoms with Gasteiger partial charge in [-0.3, -0.25) is 4.79 Å². The third-order valence-electron chi connectivity index (χ3n) is 5.48. The molecule has 148 valence electrons. The molecular formula is C22H29FO4. The Labute approximate surface area is 160 Å². The van der Waals surface area contributed by atoms with Crippen molar-refractivity contribution in [1.82, 2.24) is 0 Å². The number of hydrogen-bond donors (Lipinski definition) is 3. The van der Waals surface area contributed by atoms with Crippen LogP contribution in [0.15, 0.2) is 30.1 Å². The molecule has 0 aromatic heterocycles. The normalized spacial score (nSPS) is 33.5. The van der Waals surface area contributed by atoms with Gasteiger partial charge in [0.15, 0.2) is 5.78 Å². The number of phenolic OH excluding ortho intramolecular Hbond substituents is 1. The Morgan fingerprint density at radius 1 is 1.11 bits per heavy atom. The lowest BCUT2D eigenvalue weighted by Crippen LogP contribution is -2.24. The topological polar surface area (TPSA) is 77.8 Å². The summed E-state index contributed by atoms with van der Waals surface area (Å²) in [5.74, 6) is -1.56. The number of aliphatic hydroxyl groups is 2. The highest BCUT2D eigenvalue weighted by atomic mass is 19.1. The van der Waals surface area contributed by atoms with Crippen molar-refractivity contribution in [3.05, 3.63) is 46.8 Å². The highest BCUT2D eigenvalue weighted by Crippen LogP contribution is 2.36. The van der Waals surface area contributed by atoms with Gasteiger partial charge in [0.05, 0.1) is 6.10 Å². The second-order valence-electron chi connectivity index (χ2n) is 7.78. The van der Waals surface area contributed by atoms with Crippen LogP contribution in [0.4, 0.5) is 4.39 Å². The summed E-state index contributed by atoms with van der Waals surface area (Å²) in [5.41, 5.74) is 2.73. The van der Waals surface area contributed by atoms with E-state index in [1.807, 2.05) is 13.8 Å². The fourth-order valence-corrected chi connectivity index (χ4v) is 3.77. The maximum atomic E-state index is 14.5.